The van der Waals surface area contributed by atoms with E-state index in [4.69, 9.17) is 23.5 Å². The number of hydrogen-bond acceptors (Lipinski definition) is 7. The first-order valence-corrected chi connectivity index (χ1v) is 10.3. The van der Waals surface area contributed by atoms with E-state index < -0.39 is 5.97 Å². The van der Waals surface area contributed by atoms with Crippen molar-refractivity contribution in [3.05, 3.63) is 59.3 Å². The van der Waals surface area contributed by atoms with Crippen molar-refractivity contribution in [2.45, 2.75) is 34.3 Å². The third-order valence-electron chi connectivity index (χ3n) is 4.39. The summed E-state index contributed by atoms with van der Waals surface area (Å²) in [5.74, 6) is 1.44. The largest absolute Gasteiger partial charge is 0.490 e. The molecule has 0 unspecified atom stereocenters. The molecule has 0 saturated heterocycles. The highest BCUT2D eigenvalue weighted by Crippen LogP contribution is 2.39. The van der Waals surface area contributed by atoms with Crippen molar-refractivity contribution in [2.75, 3.05) is 19.8 Å². The van der Waals surface area contributed by atoms with Gasteiger partial charge in [0.25, 0.3) is 0 Å². The van der Waals surface area contributed by atoms with Crippen LogP contribution in [0.3, 0.4) is 0 Å². The van der Waals surface area contributed by atoms with Crippen LogP contribution in [0.25, 0.3) is 11.3 Å². The molecule has 31 heavy (non-hydrogen) atoms. The highest BCUT2D eigenvalue weighted by Gasteiger charge is 2.19. The first-order chi connectivity index (χ1) is 15.0. The van der Waals surface area contributed by atoms with Crippen molar-refractivity contribution < 1.29 is 28.3 Å². The molecule has 164 valence electrons. The zero-order chi connectivity index (χ0) is 22.2. The van der Waals surface area contributed by atoms with Crippen molar-refractivity contribution in [2.24, 2.45) is 0 Å². The second kappa shape index (κ2) is 10.5. The van der Waals surface area contributed by atoms with Gasteiger partial charge >= 0.3 is 5.97 Å². The Morgan fingerprint density at radius 3 is 2.10 bits per heavy atom. The number of rotatable bonds is 10. The van der Waals surface area contributed by atoms with Gasteiger partial charge in [-0.2, -0.15) is 0 Å². The minimum atomic E-state index is -0.523. The van der Waals surface area contributed by atoms with Crippen molar-refractivity contribution in [3.63, 3.8) is 0 Å². The molecular formula is C24H27NO6. The van der Waals surface area contributed by atoms with Gasteiger partial charge in [0.1, 0.15) is 12.3 Å². The molecule has 2 aromatic carbocycles. The lowest BCUT2D eigenvalue weighted by molar-refractivity contribution is 0.0463. The van der Waals surface area contributed by atoms with Crippen molar-refractivity contribution >= 4 is 5.97 Å². The SMILES string of the molecule is CCOc1cc(C(=O)OCc2cc(-c3ccc(C)cc3)on2)cc(OCC)c1OCC. The number of esters is 1. The van der Waals surface area contributed by atoms with E-state index in [0.29, 0.717) is 54.1 Å². The molecular weight excluding hydrogens is 398 g/mol. The standard InChI is InChI=1S/C24H27NO6/c1-5-27-21-12-18(13-22(28-6-2)23(21)29-7-3)24(26)30-15-19-14-20(31-25-19)17-10-8-16(4)9-11-17/h8-14H,5-7,15H2,1-4H3. The maximum absolute atomic E-state index is 12.7. The summed E-state index contributed by atoms with van der Waals surface area (Å²) in [7, 11) is 0. The lowest BCUT2D eigenvalue weighted by atomic mass is 10.1. The average molecular weight is 425 g/mol. The molecule has 1 heterocycles. The molecule has 0 radical (unpaired) electrons. The van der Waals surface area contributed by atoms with Gasteiger partial charge in [-0.3, -0.25) is 0 Å². The van der Waals surface area contributed by atoms with E-state index >= 15 is 0 Å². The van der Waals surface area contributed by atoms with Gasteiger partial charge in [0.05, 0.1) is 25.4 Å². The van der Waals surface area contributed by atoms with Crippen LogP contribution in [-0.2, 0) is 11.3 Å². The molecule has 0 fully saturated rings. The van der Waals surface area contributed by atoms with Crippen molar-refractivity contribution in [3.8, 4) is 28.6 Å². The molecule has 0 amide bonds. The number of benzene rings is 2. The van der Waals surface area contributed by atoms with Gasteiger partial charge in [0, 0.05) is 11.6 Å². The van der Waals surface area contributed by atoms with Crippen LogP contribution in [-0.4, -0.2) is 30.9 Å². The Balaban J connectivity index is 1.74. The number of aryl methyl sites for hydroxylation is 1. The Morgan fingerprint density at radius 1 is 0.903 bits per heavy atom. The van der Waals surface area contributed by atoms with E-state index in [1.165, 1.54) is 0 Å². The lowest BCUT2D eigenvalue weighted by Gasteiger charge is -2.16. The van der Waals surface area contributed by atoms with Gasteiger partial charge in [-0.1, -0.05) is 35.0 Å². The molecule has 0 N–H and O–H groups in total. The molecule has 0 atom stereocenters. The predicted octanol–water partition coefficient (Wildman–Crippen LogP) is 5.20. The fourth-order valence-corrected chi connectivity index (χ4v) is 2.96. The number of aromatic nitrogens is 1. The summed E-state index contributed by atoms with van der Waals surface area (Å²) < 4.78 is 27.8. The maximum atomic E-state index is 12.7. The smallest absolute Gasteiger partial charge is 0.338 e. The molecule has 0 saturated carbocycles. The zero-order valence-corrected chi connectivity index (χ0v) is 18.3. The van der Waals surface area contributed by atoms with Gasteiger partial charge in [-0.15, -0.1) is 0 Å². The quantitative estimate of drug-likeness (QED) is 0.413. The first-order valence-electron chi connectivity index (χ1n) is 10.3. The number of hydrogen-bond donors (Lipinski definition) is 0. The molecule has 3 aromatic rings. The summed E-state index contributed by atoms with van der Waals surface area (Å²) in [5.41, 5.74) is 2.89. The summed E-state index contributed by atoms with van der Waals surface area (Å²) >= 11 is 0. The van der Waals surface area contributed by atoms with E-state index in [9.17, 15) is 4.79 Å². The summed E-state index contributed by atoms with van der Waals surface area (Å²) in [6, 6.07) is 12.9. The van der Waals surface area contributed by atoms with Crippen LogP contribution in [0.15, 0.2) is 47.0 Å². The Bertz CT molecular complexity index is 982. The highest BCUT2D eigenvalue weighted by atomic mass is 16.5. The fourth-order valence-electron chi connectivity index (χ4n) is 2.96. The van der Waals surface area contributed by atoms with Crippen LogP contribution in [0, 0.1) is 6.92 Å². The average Bonchev–Trinajstić information content (AvgIpc) is 3.24. The number of nitrogens with zero attached hydrogens (tertiary/aromatic N) is 1. The van der Waals surface area contributed by atoms with Gasteiger partial charge in [0.15, 0.2) is 17.3 Å². The van der Waals surface area contributed by atoms with Crippen LogP contribution in [0.4, 0.5) is 0 Å². The molecule has 0 aliphatic carbocycles. The van der Waals surface area contributed by atoms with Gasteiger partial charge < -0.3 is 23.5 Å². The van der Waals surface area contributed by atoms with Crippen molar-refractivity contribution in [1.29, 1.82) is 0 Å². The monoisotopic (exact) mass is 425 g/mol. The first kappa shape index (κ1) is 22.2. The maximum Gasteiger partial charge on any atom is 0.338 e. The second-order valence-corrected chi connectivity index (χ2v) is 6.73. The Kier molecular flexibility index (Phi) is 7.54. The predicted molar refractivity (Wildman–Crippen MR) is 116 cm³/mol. The number of carbonyl (C=O) groups excluding carboxylic acids is 1. The van der Waals surface area contributed by atoms with Crippen LogP contribution in [0.5, 0.6) is 17.2 Å². The van der Waals surface area contributed by atoms with Gasteiger partial charge in [-0.25, -0.2) is 4.79 Å². The van der Waals surface area contributed by atoms with Gasteiger partial charge in [0.2, 0.25) is 5.75 Å². The fraction of sp³-hybridized carbons (Fsp3) is 0.333. The molecule has 0 bridgehead atoms. The second-order valence-electron chi connectivity index (χ2n) is 6.73. The lowest BCUT2D eigenvalue weighted by Crippen LogP contribution is -2.09. The Labute approximate surface area is 181 Å². The minimum Gasteiger partial charge on any atom is -0.490 e. The third kappa shape index (κ3) is 5.57. The molecule has 0 spiro atoms. The van der Waals surface area contributed by atoms with Crippen LogP contribution in [0.1, 0.15) is 42.4 Å². The summed E-state index contributed by atoms with van der Waals surface area (Å²) in [4.78, 5) is 12.7. The van der Waals surface area contributed by atoms with Gasteiger partial charge in [-0.05, 0) is 39.8 Å². The number of ether oxygens (including phenoxy) is 4. The molecule has 7 nitrogen and oxygen atoms in total. The van der Waals surface area contributed by atoms with Crippen LogP contribution in [0.2, 0.25) is 0 Å². The molecule has 3 rings (SSSR count). The molecule has 7 heteroatoms. The minimum absolute atomic E-state index is 0.0185. The van der Waals surface area contributed by atoms with E-state index in [2.05, 4.69) is 5.16 Å². The van der Waals surface area contributed by atoms with E-state index in [0.717, 1.165) is 11.1 Å². The molecule has 1 aromatic heterocycles. The van der Waals surface area contributed by atoms with Crippen LogP contribution >= 0.6 is 0 Å². The topological polar surface area (TPSA) is 80.0 Å². The Hall–Kier alpha value is -3.48. The third-order valence-corrected chi connectivity index (χ3v) is 4.39. The van der Waals surface area contributed by atoms with Crippen molar-refractivity contribution in [1.82, 2.24) is 5.16 Å². The van der Waals surface area contributed by atoms with E-state index in [1.54, 1.807) is 18.2 Å². The van der Waals surface area contributed by atoms with E-state index in [1.807, 2.05) is 52.0 Å². The summed E-state index contributed by atoms with van der Waals surface area (Å²) in [6.45, 7) is 8.87. The summed E-state index contributed by atoms with van der Waals surface area (Å²) in [5, 5.41) is 3.99. The highest BCUT2D eigenvalue weighted by molar-refractivity contribution is 5.91. The molecule has 0 aliphatic rings. The van der Waals surface area contributed by atoms with E-state index in [-0.39, 0.29) is 6.61 Å². The normalized spacial score (nSPS) is 10.6. The summed E-state index contributed by atoms with van der Waals surface area (Å²) in [6.07, 6.45) is 0. The van der Waals surface area contributed by atoms with Crippen LogP contribution < -0.4 is 14.2 Å². The zero-order valence-electron chi connectivity index (χ0n) is 18.3. The Morgan fingerprint density at radius 2 is 1.52 bits per heavy atom. The number of carbonyl (C=O) groups is 1. The molecule has 0 aliphatic heterocycles.